The summed E-state index contributed by atoms with van der Waals surface area (Å²) in [5.74, 6) is 1.32. The molecule has 5 heteroatoms. The summed E-state index contributed by atoms with van der Waals surface area (Å²) in [4.78, 5) is 29.4. The molecule has 0 aliphatic carbocycles. The highest BCUT2D eigenvalue weighted by Gasteiger charge is 2.25. The SMILES string of the molecule is Cc1ccccc1C(=O)N1CCC[C@@H](COc2ccc(C(=O)N3CCCCC3)cc2)C1. The van der Waals surface area contributed by atoms with Crippen molar-refractivity contribution in [3.05, 3.63) is 65.2 Å². The zero-order valence-electron chi connectivity index (χ0n) is 18.4. The molecule has 5 nitrogen and oxygen atoms in total. The number of ether oxygens (including phenoxy) is 1. The van der Waals surface area contributed by atoms with Gasteiger partial charge in [0.25, 0.3) is 11.8 Å². The number of benzene rings is 2. The van der Waals surface area contributed by atoms with Crippen LogP contribution in [0.2, 0.25) is 0 Å². The lowest BCUT2D eigenvalue weighted by molar-refractivity contribution is 0.0632. The molecule has 164 valence electrons. The third-order valence-electron chi connectivity index (χ3n) is 6.41. The molecule has 0 aromatic heterocycles. The van der Waals surface area contributed by atoms with Gasteiger partial charge in [0.1, 0.15) is 5.75 Å². The molecule has 2 aliphatic rings. The molecule has 0 saturated carbocycles. The topological polar surface area (TPSA) is 49.9 Å². The average Bonchev–Trinajstić information content (AvgIpc) is 2.83. The fourth-order valence-electron chi connectivity index (χ4n) is 4.56. The lowest BCUT2D eigenvalue weighted by Gasteiger charge is -2.33. The Balaban J connectivity index is 1.30. The van der Waals surface area contributed by atoms with Crippen molar-refractivity contribution in [1.29, 1.82) is 0 Å². The van der Waals surface area contributed by atoms with Gasteiger partial charge in [-0.3, -0.25) is 9.59 Å². The number of rotatable bonds is 5. The number of hydrogen-bond donors (Lipinski definition) is 0. The van der Waals surface area contributed by atoms with Gasteiger partial charge < -0.3 is 14.5 Å². The Morgan fingerprint density at radius 2 is 1.58 bits per heavy atom. The molecule has 2 fully saturated rings. The number of aryl methyl sites for hydroxylation is 1. The lowest BCUT2D eigenvalue weighted by Crippen LogP contribution is -2.41. The molecule has 2 amide bonds. The fourth-order valence-corrected chi connectivity index (χ4v) is 4.56. The van der Waals surface area contributed by atoms with Crippen LogP contribution in [0.1, 0.15) is 58.4 Å². The number of carbonyl (C=O) groups is 2. The fraction of sp³-hybridized carbons (Fsp3) is 0.462. The molecular weight excluding hydrogens is 388 g/mol. The second kappa shape index (κ2) is 9.99. The van der Waals surface area contributed by atoms with E-state index in [1.807, 2.05) is 65.3 Å². The first-order valence-corrected chi connectivity index (χ1v) is 11.5. The van der Waals surface area contributed by atoms with Crippen molar-refractivity contribution in [3.63, 3.8) is 0 Å². The van der Waals surface area contributed by atoms with Crippen molar-refractivity contribution in [2.75, 3.05) is 32.8 Å². The minimum absolute atomic E-state index is 0.114. The highest BCUT2D eigenvalue weighted by molar-refractivity contribution is 5.95. The van der Waals surface area contributed by atoms with Crippen LogP contribution >= 0.6 is 0 Å². The Morgan fingerprint density at radius 3 is 2.32 bits per heavy atom. The zero-order valence-corrected chi connectivity index (χ0v) is 18.4. The summed E-state index contributed by atoms with van der Waals surface area (Å²) in [5.41, 5.74) is 2.53. The van der Waals surface area contributed by atoms with E-state index in [9.17, 15) is 9.59 Å². The Bertz CT molecular complexity index is 903. The molecule has 2 saturated heterocycles. The Morgan fingerprint density at radius 1 is 0.871 bits per heavy atom. The number of carbonyl (C=O) groups excluding carboxylic acids is 2. The van der Waals surface area contributed by atoms with E-state index in [1.165, 1.54) is 6.42 Å². The molecule has 0 N–H and O–H groups in total. The van der Waals surface area contributed by atoms with E-state index in [2.05, 4.69) is 0 Å². The van der Waals surface area contributed by atoms with Crippen LogP contribution in [-0.4, -0.2) is 54.4 Å². The monoisotopic (exact) mass is 420 g/mol. The molecule has 0 spiro atoms. The van der Waals surface area contributed by atoms with E-state index < -0.39 is 0 Å². The molecule has 4 rings (SSSR count). The normalized spacial score (nSPS) is 19.2. The summed E-state index contributed by atoms with van der Waals surface area (Å²) < 4.78 is 6.02. The van der Waals surface area contributed by atoms with Crippen LogP contribution in [0.3, 0.4) is 0 Å². The lowest BCUT2D eigenvalue weighted by atomic mass is 9.97. The molecule has 1 atom stereocenters. The molecule has 2 aromatic carbocycles. The molecule has 0 radical (unpaired) electrons. The molecule has 2 aliphatic heterocycles. The van der Waals surface area contributed by atoms with Crippen LogP contribution in [0.5, 0.6) is 5.75 Å². The van der Waals surface area contributed by atoms with E-state index in [1.54, 1.807) is 0 Å². The van der Waals surface area contributed by atoms with E-state index in [0.717, 1.165) is 74.3 Å². The van der Waals surface area contributed by atoms with Gasteiger partial charge in [-0.1, -0.05) is 18.2 Å². The van der Waals surface area contributed by atoms with Gasteiger partial charge in [-0.25, -0.2) is 0 Å². The summed E-state index contributed by atoms with van der Waals surface area (Å²) in [5, 5.41) is 0. The van der Waals surface area contributed by atoms with Gasteiger partial charge in [0.2, 0.25) is 0 Å². The Hall–Kier alpha value is -2.82. The maximum Gasteiger partial charge on any atom is 0.254 e. The van der Waals surface area contributed by atoms with Crippen molar-refractivity contribution in [3.8, 4) is 5.75 Å². The average molecular weight is 421 g/mol. The standard InChI is InChI=1S/C26H32N2O3/c1-20-8-3-4-10-24(20)26(30)28-17-7-9-21(18-28)19-31-23-13-11-22(12-14-23)25(29)27-15-5-2-6-16-27/h3-4,8,10-14,21H,2,5-7,9,15-19H2,1H3/t21-/m1/s1. The Labute approximate surface area is 185 Å². The second-order valence-electron chi connectivity index (χ2n) is 8.76. The van der Waals surface area contributed by atoms with Crippen molar-refractivity contribution in [2.45, 2.75) is 39.0 Å². The van der Waals surface area contributed by atoms with Crippen LogP contribution in [0.25, 0.3) is 0 Å². The first kappa shape index (κ1) is 21.4. The summed E-state index contributed by atoms with van der Waals surface area (Å²) in [6.07, 6.45) is 5.46. The van der Waals surface area contributed by atoms with Crippen LogP contribution in [0.15, 0.2) is 48.5 Å². The van der Waals surface area contributed by atoms with Crippen LogP contribution in [0, 0.1) is 12.8 Å². The zero-order chi connectivity index (χ0) is 21.6. The second-order valence-corrected chi connectivity index (χ2v) is 8.76. The largest absolute Gasteiger partial charge is 0.493 e. The minimum Gasteiger partial charge on any atom is -0.493 e. The maximum absolute atomic E-state index is 12.9. The quantitative estimate of drug-likeness (QED) is 0.713. The number of likely N-dealkylation sites (tertiary alicyclic amines) is 2. The predicted octanol–water partition coefficient (Wildman–Crippen LogP) is 4.55. The summed E-state index contributed by atoms with van der Waals surface area (Å²) in [6, 6.07) is 15.3. The van der Waals surface area contributed by atoms with Crippen molar-refractivity contribution < 1.29 is 14.3 Å². The molecule has 2 heterocycles. The van der Waals surface area contributed by atoms with Gasteiger partial charge in [0, 0.05) is 43.2 Å². The van der Waals surface area contributed by atoms with Crippen molar-refractivity contribution in [1.82, 2.24) is 9.80 Å². The van der Waals surface area contributed by atoms with Crippen LogP contribution in [0.4, 0.5) is 0 Å². The highest BCUT2D eigenvalue weighted by Crippen LogP contribution is 2.22. The van der Waals surface area contributed by atoms with Gasteiger partial charge in [-0.15, -0.1) is 0 Å². The summed E-state index contributed by atoms with van der Waals surface area (Å²) >= 11 is 0. The van der Waals surface area contributed by atoms with Gasteiger partial charge in [0.05, 0.1) is 6.61 Å². The Kier molecular flexibility index (Phi) is 6.90. The van der Waals surface area contributed by atoms with Crippen molar-refractivity contribution in [2.24, 2.45) is 5.92 Å². The van der Waals surface area contributed by atoms with Gasteiger partial charge in [-0.05, 0) is 74.9 Å². The number of nitrogens with zero attached hydrogens (tertiary/aromatic N) is 2. The summed E-state index contributed by atoms with van der Waals surface area (Å²) in [7, 11) is 0. The van der Waals surface area contributed by atoms with E-state index >= 15 is 0 Å². The van der Waals surface area contributed by atoms with Gasteiger partial charge in [-0.2, -0.15) is 0 Å². The van der Waals surface area contributed by atoms with Gasteiger partial charge >= 0.3 is 0 Å². The van der Waals surface area contributed by atoms with Crippen LogP contribution < -0.4 is 4.74 Å². The van der Waals surface area contributed by atoms with E-state index in [4.69, 9.17) is 4.74 Å². The minimum atomic E-state index is 0.114. The molecule has 31 heavy (non-hydrogen) atoms. The van der Waals surface area contributed by atoms with E-state index in [0.29, 0.717) is 12.5 Å². The molecular formula is C26H32N2O3. The number of amides is 2. The molecule has 0 bridgehead atoms. The maximum atomic E-state index is 12.9. The third kappa shape index (κ3) is 5.27. The number of piperidine rings is 2. The first-order chi connectivity index (χ1) is 15.1. The van der Waals surface area contributed by atoms with Gasteiger partial charge in [0.15, 0.2) is 0 Å². The number of hydrogen-bond acceptors (Lipinski definition) is 3. The van der Waals surface area contributed by atoms with Crippen LogP contribution in [-0.2, 0) is 0 Å². The molecule has 2 aromatic rings. The first-order valence-electron chi connectivity index (χ1n) is 11.5. The smallest absolute Gasteiger partial charge is 0.254 e. The summed E-state index contributed by atoms with van der Waals surface area (Å²) in [6.45, 7) is 5.80. The highest BCUT2D eigenvalue weighted by atomic mass is 16.5. The third-order valence-corrected chi connectivity index (χ3v) is 6.41. The predicted molar refractivity (Wildman–Crippen MR) is 121 cm³/mol. The van der Waals surface area contributed by atoms with E-state index in [-0.39, 0.29) is 11.8 Å². The van der Waals surface area contributed by atoms with Crippen molar-refractivity contribution >= 4 is 11.8 Å². The molecule has 0 unspecified atom stereocenters.